The fourth-order valence-electron chi connectivity index (χ4n) is 3.15. The molecular weight excluding hydrogens is 393 g/mol. The van der Waals surface area contributed by atoms with Crippen LogP contribution in [-0.4, -0.2) is 47.2 Å². The molecule has 0 fully saturated rings. The molecule has 2 heterocycles. The van der Waals surface area contributed by atoms with Crippen LogP contribution in [0.3, 0.4) is 0 Å². The Hall–Kier alpha value is -3.04. The van der Waals surface area contributed by atoms with Crippen LogP contribution in [-0.2, 0) is 16.0 Å². The molecule has 0 radical (unpaired) electrons. The number of nitrogens with one attached hydrogen (secondary N) is 1. The molecule has 0 aliphatic carbocycles. The molecule has 0 saturated heterocycles. The molecule has 0 bridgehead atoms. The highest BCUT2D eigenvalue weighted by molar-refractivity contribution is 6.02. The van der Waals surface area contributed by atoms with E-state index in [1.165, 1.54) is 33.9 Å². The van der Waals surface area contributed by atoms with Crippen LogP contribution >= 0.6 is 0 Å². The molecule has 0 aliphatic rings. The van der Waals surface area contributed by atoms with Gasteiger partial charge in [-0.15, -0.1) is 0 Å². The van der Waals surface area contributed by atoms with Gasteiger partial charge in [0, 0.05) is 22.6 Å². The number of ether oxygens (including phenoxy) is 2. The number of rotatable bonds is 6. The quantitative estimate of drug-likeness (QED) is 0.578. The highest BCUT2D eigenvalue weighted by Gasteiger charge is 2.30. The van der Waals surface area contributed by atoms with Crippen molar-refractivity contribution in [2.45, 2.75) is 40.4 Å². The van der Waals surface area contributed by atoms with Crippen LogP contribution in [0.4, 0.5) is 13.2 Å². The van der Waals surface area contributed by atoms with Crippen molar-refractivity contribution in [2.75, 3.05) is 13.7 Å². The third-order valence-corrected chi connectivity index (χ3v) is 4.58. The summed E-state index contributed by atoms with van der Waals surface area (Å²) < 4.78 is 48.7. The molecule has 2 aromatic rings. The van der Waals surface area contributed by atoms with E-state index >= 15 is 0 Å². The van der Waals surface area contributed by atoms with Gasteiger partial charge in [-0.3, -0.25) is 4.79 Å². The van der Waals surface area contributed by atoms with E-state index in [4.69, 9.17) is 4.74 Å². The largest absolute Gasteiger partial charge is 0.465 e. The summed E-state index contributed by atoms with van der Waals surface area (Å²) in [4.78, 5) is 39.2. The minimum Gasteiger partial charge on any atom is -0.465 e. The third kappa shape index (κ3) is 4.69. The molecule has 0 aliphatic heterocycles. The number of aryl methyl sites for hydroxylation is 2. The first-order valence-corrected chi connectivity index (χ1v) is 8.58. The fourth-order valence-corrected chi connectivity index (χ4v) is 3.15. The van der Waals surface area contributed by atoms with Crippen molar-refractivity contribution in [3.8, 4) is 0 Å². The van der Waals surface area contributed by atoms with Crippen molar-refractivity contribution in [3.05, 3.63) is 45.5 Å². The predicted molar refractivity (Wildman–Crippen MR) is 96.2 cm³/mol. The normalized spacial score (nSPS) is 11.4. The number of esters is 2. The van der Waals surface area contributed by atoms with Crippen LogP contribution in [0.5, 0.6) is 0 Å². The van der Waals surface area contributed by atoms with Crippen LogP contribution in [0.25, 0.3) is 0 Å². The molecule has 29 heavy (non-hydrogen) atoms. The molecule has 0 aromatic carbocycles. The van der Waals surface area contributed by atoms with Gasteiger partial charge in [0.25, 0.3) is 0 Å². The predicted octanol–water partition coefficient (Wildman–Crippen LogP) is 3.44. The summed E-state index contributed by atoms with van der Waals surface area (Å²) in [6.45, 7) is 4.10. The number of aromatic nitrogens is 2. The lowest BCUT2D eigenvalue weighted by Gasteiger charge is -2.12. The number of nitrogens with zero attached hydrogens (tertiary/aromatic N) is 1. The van der Waals surface area contributed by atoms with Gasteiger partial charge in [-0.2, -0.15) is 13.2 Å². The second-order valence-corrected chi connectivity index (χ2v) is 6.60. The van der Waals surface area contributed by atoms with E-state index in [1.54, 1.807) is 6.92 Å². The Morgan fingerprint density at radius 1 is 1.10 bits per heavy atom. The van der Waals surface area contributed by atoms with Gasteiger partial charge in [-0.05, 0) is 39.3 Å². The summed E-state index contributed by atoms with van der Waals surface area (Å²) >= 11 is 0. The number of H-pyrrole nitrogens is 1. The SMILES string of the molecule is COC(=O)c1c(C)[nH]c(C(=O)OCC(=O)c2cc(C)n(CC(F)(F)F)c2C)c1C. The Bertz CT molecular complexity index is 970. The van der Waals surface area contributed by atoms with E-state index in [9.17, 15) is 27.6 Å². The molecule has 2 aromatic heterocycles. The number of ketones is 1. The van der Waals surface area contributed by atoms with Gasteiger partial charge in [0.15, 0.2) is 6.61 Å². The van der Waals surface area contributed by atoms with Crippen molar-refractivity contribution in [2.24, 2.45) is 0 Å². The maximum Gasteiger partial charge on any atom is 0.406 e. The minimum atomic E-state index is -4.43. The van der Waals surface area contributed by atoms with Gasteiger partial charge in [-0.25, -0.2) is 9.59 Å². The molecule has 158 valence electrons. The van der Waals surface area contributed by atoms with Crippen LogP contribution < -0.4 is 0 Å². The van der Waals surface area contributed by atoms with E-state index in [-0.39, 0.29) is 28.2 Å². The van der Waals surface area contributed by atoms with Gasteiger partial charge >= 0.3 is 18.1 Å². The highest BCUT2D eigenvalue weighted by atomic mass is 19.4. The van der Waals surface area contributed by atoms with Crippen LogP contribution in [0.15, 0.2) is 6.07 Å². The van der Waals surface area contributed by atoms with Crippen molar-refractivity contribution in [1.29, 1.82) is 0 Å². The molecule has 0 spiro atoms. The number of Topliss-reactive ketones (excluding diaryl/α,β-unsaturated/α-hetero) is 1. The number of methoxy groups -OCH3 is 1. The van der Waals surface area contributed by atoms with Crippen molar-refractivity contribution in [1.82, 2.24) is 9.55 Å². The summed E-state index contributed by atoms with van der Waals surface area (Å²) in [5.74, 6) is -2.12. The number of halogens is 3. The number of hydrogen-bond donors (Lipinski definition) is 1. The fraction of sp³-hybridized carbons (Fsp3) is 0.421. The average molecular weight is 414 g/mol. The molecule has 0 unspecified atom stereocenters. The second kappa shape index (κ2) is 8.14. The van der Waals surface area contributed by atoms with E-state index in [0.29, 0.717) is 11.3 Å². The number of alkyl halides is 3. The summed E-state index contributed by atoms with van der Waals surface area (Å²) in [7, 11) is 1.21. The lowest BCUT2D eigenvalue weighted by molar-refractivity contribution is -0.141. The summed E-state index contributed by atoms with van der Waals surface area (Å²) in [5.41, 5.74) is 1.38. The van der Waals surface area contributed by atoms with E-state index in [1.807, 2.05) is 0 Å². The summed E-state index contributed by atoms with van der Waals surface area (Å²) in [6.07, 6.45) is -4.43. The number of carbonyl (C=O) groups is 3. The minimum absolute atomic E-state index is 0.00163. The third-order valence-electron chi connectivity index (χ3n) is 4.58. The smallest absolute Gasteiger partial charge is 0.406 e. The molecular formula is C19H21F3N2O5. The Morgan fingerprint density at radius 2 is 1.72 bits per heavy atom. The van der Waals surface area contributed by atoms with E-state index in [2.05, 4.69) is 9.72 Å². The first-order valence-electron chi connectivity index (χ1n) is 8.58. The van der Waals surface area contributed by atoms with Crippen molar-refractivity contribution < 1.29 is 37.0 Å². The number of aromatic amines is 1. The lowest BCUT2D eigenvalue weighted by atomic mass is 10.1. The Labute approximate surface area is 164 Å². The Kier molecular flexibility index (Phi) is 6.24. The zero-order valence-electron chi connectivity index (χ0n) is 16.6. The van der Waals surface area contributed by atoms with E-state index in [0.717, 1.165) is 4.57 Å². The van der Waals surface area contributed by atoms with Gasteiger partial charge < -0.3 is 19.0 Å². The monoisotopic (exact) mass is 414 g/mol. The number of carbonyl (C=O) groups excluding carboxylic acids is 3. The second-order valence-electron chi connectivity index (χ2n) is 6.60. The maximum absolute atomic E-state index is 12.7. The number of hydrogen-bond acceptors (Lipinski definition) is 5. The van der Waals surface area contributed by atoms with Crippen LogP contribution in [0.2, 0.25) is 0 Å². The van der Waals surface area contributed by atoms with E-state index < -0.39 is 37.0 Å². The topological polar surface area (TPSA) is 90.4 Å². The van der Waals surface area contributed by atoms with Gasteiger partial charge in [0.05, 0.1) is 12.7 Å². The van der Waals surface area contributed by atoms with Crippen LogP contribution in [0, 0.1) is 27.7 Å². The summed E-state index contributed by atoms with van der Waals surface area (Å²) in [5, 5.41) is 0. The average Bonchev–Trinajstić information content (AvgIpc) is 3.08. The summed E-state index contributed by atoms with van der Waals surface area (Å²) in [6, 6.07) is 1.33. The molecule has 2 rings (SSSR count). The molecule has 1 N–H and O–H groups in total. The molecule has 0 saturated carbocycles. The molecule has 7 nitrogen and oxygen atoms in total. The lowest BCUT2D eigenvalue weighted by Crippen LogP contribution is -2.20. The van der Waals surface area contributed by atoms with Gasteiger partial charge in [0.2, 0.25) is 5.78 Å². The van der Waals surface area contributed by atoms with Gasteiger partial charge in [-0.1, -0.05) is 0 Å². The Balaban J connectivity index is 2.15. The Morgan fingerprint density at radius 3 is 2.28 bits per heavy atom. The van der Waals surface area contributed by atoms with Crippen LogP contribution in [0.1, 0.15) is 53.8 Å². The first-order chi connectivity index (χ1) is 13.4. The zero-order valence-corrected chi connectivity index (χ0v) is 16.6. The molecule has 10 heteroatoms. The van der Waals surface area contributed by atoms with Gasteiger partial charge in [0.1, 0.15) is 12.2 Å². The van der Waals surface area contributed by atoms with Crippen molar-refractivity contribution in [3.63, 3.8) is 0 Å². The molecule has 0 atom stereocenters. The zero-order chi connectivity index (χ0) is 22.1. The maximum atomic E-state index is 12.7. The van der Waals surface area contributed by atoms with Crippen molar-refractivity contribution >= 4 is 17.7 Å². The highest BCUT2D eigenvalue weighted by Crippen LogP contribution is 2.24. The molecule has 0 amide bonds. The first kappa shape index (κ1) is 22.3. The standard InChI is InChI=1S/C19H21F3N2O5/c1-9-6-13(12(4)24(9)8-19(20,21)22)14(25)7-29-18(27)16-10(2)15(11(3)23-16)17(26)28-5/h6,23H,7-8H2,1-5H3.